The molecular weight excluding hydrogens is 460 g/mol. The minimum Gasteiger partial charge on any atom is -0.497 e. The zero-order valence-corrected chi connectivity index (χ0v) is 20.5. The summed E-state index contributed by atoms with van der Waals surface area (Å²) in [6, 6.07) is 13.2. The van der Waals surface area contributed by atoms with Crippen LogP contribution in [0.1, 0.15) is 36.1 Å². The van der Waals surface area contributed by atoms with Crippen LogP contribution in [0, 0.1) is 6.92 Å². The zero-order chi connectivity index (χ0) is 25.2. The standard InChI is InChI=1S/C26H26N6O4/c1-5-36-24-18(10-7-11-21(24)35-4)19-13-22(33)29-25-23(19)15(2)31-32(25)26-28-20(14-27-30-26)16-8-6-9-17(12-16)34-3/h6-12,14,19H,5,13H2,1-4H3,(H,29,33). The first-order valence-electron chi connectivity index (χ1n) is 11.6. The summed E-state index contributed by atoms with van der Waals surface area (Å²) >= 11 is 0. The molecule has 5 rings (SSSR count). The molecule has 0 aliphatic carbocycles. The number of aryl methyl sites for hydroxylation is 1. The summed E-state index contributed by atoms with van der Waals surface area (Å²) < 4.78 is 18.3. The Morgan fingerprint density at radius 2 is 1.97 bits per heavy atom. The fourth-order valence-corrected chi connectivity index (χ4v) is 4.53. The molecule has 3 heterocycles. The van der Waals surface area contributed by atoms with Crippen molar-refractivity contribution in [3.05, 3.63) is 65.5 Å². The van der Waals surface area contributed by atoms with E-state index in [1.807, 2.05) is 56.3 Å². The van der Waals surface area contributed by atoms with E-state index < -0.39 is 0 Å². The zero-order valence-electron chi connectivity index (χ0n) is 20.5. The predicted octanol–water partition coefficient (Wildman–Crippen LogP) is 3.92. The quantitative estimate of drug-likeness (QED) is 0.418. The van der Waals surface area contributed by atoms with Crippen molar-refractivity contribution in [1.82, 2.24) is 25.0 Å². The van der Waals surface area contributed by atoms with Crippen molar-refractivity contribution in [2.75, 3.05) is 26.1 Å². The molecule has 2 aromatic carbocycles. The summed E-state index contributed by atoms with van der Waals surface area (Å²) in [5.74, 6) is 2.28. The first-order valence-corrected chi connectivity index (χ1v) is 11.6. The Morgan fingerprint density at radius 3 is 2.75 bits per heavy atom. The number of carbonyl (C=O) groups excluding carboxylic acids is 1. The van der Waals surface area contributed by atoms with E-state index in [2.05, 4.69) is 20.5 Å². The molecule has 2 aromatic heterocycles. The summed E-state index contributed by atoms with van der Waals surface area (Å²) in [5.41, 5.74) is 3.91. The molecule has 1 N–H and O–H groups in total. The predicted molar refractivity (Wildman–Crippen MR) is 133 cm³/mol. The maximum absolute atomic E-state index is 12.9. The average Bonchev–Trinajstić information content (AvgIpc) is 3.24. The highest BCUT2D eigenvalue weighted by atomic mass is 16.5. The fourth-order valence-electron chi connectivity index (χ4n) is 4.53. The highest BCUT2D eigenvalue weighted by Gasteiger charge is 2.35. The average molecular weight is 487 g/mol. The molecule has 0 saturated heterocycles. The van der Waals surface area contributed by atoms with E-state index in [-0.39, 0.29) is 24.2 Å². The first kappa shape index (κ1) is 23.3. The van der Waals surface area contributed by atoms with Crippen LogP contribution < -0.4 is 19.5 Å². The Labute approximate surface area is 208 Å². The van der Waals surface area contributed by atoms with Crippen LogP contribution >= 0.6 is 0 Å². The molecule has 10 nitrogen and oxygen atoms in total. The summed E-state index contributed by atoms with van der Waals surface area (Å²) in [6.07, 6.45) is 1.82. The van der Waals surface area contributed by atoms with E-state index in [0.717, 1.165) is 22.4 Å². The first-order chi connectivity index (χ1) is 17.5. The number of amides is 1. The Balaban J connectivity index is 1.62. The van der Waals surface area contributed by atoms with Gasteiger partial charge in [-0.15, -0.1) is 5.10 Å². The SMILES string of the molecule is CCOc1c(OC)cccc1C1CC(=O)Nc2c1c(C)nn2-c1nncc(-c2cccc(OC)c2)n1. The normalized spacial score (nSPS) is 14.7. The van der Waals surface area contributed by atoms with Gasteiger partial charge < -0.3 is 19.5 Å². The number of para-hydroxylation sites is 1. The van der Waals surface area contributed by atoms with Gasteiger partial charge in [0.1, 0.15) is 11.6 Å². The molecule has 1 aliphatic rings. The van der Waals surface area contributed by atoms with E-state index in [9.17, 15) is 4.79 Å². The molecular formula is C26H26N6O4. The van der Waals surface area contributed by atoms with Crippen LogP contribution in [-0.2, 0) is 4.79 Å². The van der Waals surface area contributed by atoms with Crippen molar-refractivity contribution in [2.45, 2.75) is 26.2 Å². The second-order valence-electron chi connectivity index (χ2n) is 8.25. The minimum absolute atomic E-state index is 0.143. The molecule has 184 valence electrons. The number of hydrogen-bond donors (Lipinski definition) is 1. The third-order valence-electron chi connectivity index (χ3n) is 6.10. The number of nitrogens with one attached hydrogen (secondary N) is 1. The van der Waals surface area contributed by atoms with Gasteiger partial charge in [0, 0.05) is 29.0 Å². The van der Waals surface area contributed by atoms with Crippen molar-refractivity contribution in [2.24, 2.45) is 0 Å². The van der Waals surface area contributed by atoms with Gasteiger partial charge in [0.25, 0.3) is 5.95 Å². The lowest BCUT2D eigenvalue weighted by Crippen LogP contribution is -2.25. The number of nitrogens with zero attached hydrogens (tertiary/aromatic N) is 5. The van der Waals surface area contributed by atoms with E-state index in [1.165, 1.54) is 4.68 Å². The largest absolute Gasteiger partial charge is 0.497 e. The molecule has 10 heteroatoms. The van der Waals surface area contributed by atoms with Gasteiger partial charge in [-0.3, -0.25) is 4.79 Å². The van der Waals surface area contributed by atoms with E-state index >= 15 is 0 Å². The summed E-state index contributed by atoms with van der Waals surface area (Å²) in [5, 5.41) is 16.0. The molecule has 0 fully saturated rings. The highest BCUT2D eigenvalue weighted by Crippen LogP contribution is 2.45. The number of methoxy groups -OCH3 is 2. The van der Waals surface area contributed by atoms with Crippen LogP contribution in [-0.4, -0.2) is 51.7 Å². The minimum atomic E-state index is -0.284. The maximum atomic E-state index is 12.9. The van der Waals surface area contributed by atoms with Crippen molar-refractivity contribution < 1.29 is 19.0 Å². The summed E-state index contributed by atoms with van der Waals surface area (Å²) in [4.78, 5) is 17.6. The van der Waals surface area contributed by atoms with Gasteiger partial charge in [-0.25, -0.2) is 4.98 Å². The molecule has 1 atom stereocenters. The summed E-state index contributed by atoms with van der Waals surface area (Å²) in [7, 11) is 3.21. The number of rotatable bonds is 7. The molecule has 0 bridgehead atoms. The van der Waals surface area contributed by atoms with Crippen LogP contribution in [0.2, 0.25) is 0 Å². The lowest BCUT2D eigenvalue weighted by molar-refractivity contribution is -0.116. The molecule has 36 heavy (non-hydrogen) atoms. The van der Waals surface area contributed by atoms with Crippen LogP contribution in [0.4, 0.5) is 5.82 Å². The third-order valence-corrected chi connectivity index (χ3v) is 6.10. The van der Waals surface area contributed by atoms with Crippen molar-refractivity contribution in [3.8, 4) is 34.5 Å². The van der Waals surface area contributed by atoms with E-state index in [1.54, 1.807) is 20.4 Å². The summed E-state index contributed by atoms with van der Waals surface area (Å²) in [6.45, 7) is 4.28. The second kappa shape index (κ2) is 9.65. The molecule has 4 aromatic rings. The Bertz CT molecular complexity index is 1430. The Hall–Kier alpha value is -4.47. The van der Waals surface area contributed by atoms with Crippen molar-refractivity contribution >= 4 is 11.7 Å². The lowest BCUT2D eigenvalue weighted by Gasteiger charge is -2.26. The molecule has 0 spiro atoms. The number of carbonyl (C=O) groups is 1. The Morgan fingerprint density at radius 1 is 1.14 bits per heavy atom. The van der Waals surface area contributed by atoms with Gasteiger partial charge in [-0.2, -0.15) is 14.9 Å². The Kier molecular flexibility index (Phi) is 6.24. The fraction of sp³-hybridized carbons (Fsp3) is 0.269. The van der Waals surface area contributed by atoms with Crippen LogP contribution in [0.5, 0.6) is 17.2 Å². The van der Waals surface area contributed by atoms with E-state index in [4.69, 9.17) is 19.3 Å². The van der Waals surface area contributed by atoms with Gasteiger partial charge in [0.2, 0.25) is 5.91 Å². The maximum Gasteiger partial charge on any atom is 0.272 e. The second-order valence-corrected chi connectivity index (χ2v) is 8.25. The topological polar surface area (TPSA) is 113 Å². The molecule has 1 unspecified atom stereocenters. The van der Waals surface area contributed by atoms with Crippen molar-refractivity contribution in [3.63, 3.8) is 0 Å². The van der Waals surface area contributed by atoms with Crippen molar-refractivity contribution in [1.29, 1.82) is 0 Å². The molecule has 0 saturated carbocycles. The van der Waals surface area contributed by atoms with Crippen LogP contribution in [0.3, 0.4) is 0 Å². The molecule has 1 aliphatic heterocycles. The van der Waals surface area contributed by atoms with Gasteiger partial charge in [0.15, 0.2) is 11.5 Å². The number of aromatic nitrogens is 5. The van der Waals surface area contributed by atoms with E-state index in [0.29, 0.717) is 35.4 Å². The number of fused-ring (bicyclic) bond motifs is 1. The van der Waals surface area contributed by atoms with Crippen LogP contribution in [0.15, 0.2) is 48.7 Å². The van der Waals surface area contributed by atoms with Gasteiger partial charge in [0.05, 0.1) is 38.4 Å². The number of ether oxygens (including phenoxy) is 3. The smallest absolute Gasteiger partial charge is 0.272 e. The van der Waals surface area contributed by atoms with Gasteiger partial charge >= 0.3 is 0 Å². The number of benzene rings is 2. The lowest BCUT2D eigenvalue weighted by atomic mass is 9.85. The molecule has 0 radical (unpaired) electrons. The molecule has 1 amide bonds. The monoisotopic (exact) mass is 486 g/mol. The number of anilines is 1. The highest BCUT2D eigenvalue weighted by molar-refractivity contribution is 5.95. The van der Waals surface area contributed by atoms with Crippen LogP contribution in [0.25, 0.3) is 17.2 Å². The van der Waals surface area contributed by atoms with Gasteiger partial charge in [-0.1, -0.05) is 24.3 Å². The third kappa shape index (κ3) is 4.10. The van der Waals surface area contributed by atoms with Gasteiger partial charge in [-0.05, 0) is 32.0 Å². The number of hydrogen-bond acceptors (Lipinski definition) is 8.